The minimum Gasteiger partial charge on any atom is -0.472 e. The Labute approximate surface area is 91.0 Å². The predicted octanol–water partition coefficient (Wildman–Crippen LogP) is 3.27. The predicted molar refractivity (Wildman–Crippen MR) is 65.2 cm³/mol. The van der Waals surface area contributed by atoms with Gasteiger partial charge in [-0.1, -0.05) is 35.9 Å². The highest BCUT2D eigenvalue weighted by atomic mass is 31.1. The lowest BCUT2D eigenvalue weighted by molar-refractivity contribution is 0.638. The van der Waals surface area contributed by atoms with E-state index in [0.29, 0.717) is 8.81 Å². The van der Waals surface area contributed by atoms with Crippen LogP contribution in [0.5, 0.6) is 5.75 Å². The van der Waals surface area contributed by atoms with Crippen molar-refractivity contribution in [2.45, 2.75) is 6.92 Å². The van der Waals surface area contributed by atoms with Crippen molar-refractivity contribution in [3.8, 4) is 16.9 Å². The Kier molecular flexibility index (Phi) is 2.00. The lowest BCUT2D eigenvalue weighted by Crippen LogP contribution is -2.08. The van der Waals surface area contributed by atoms with E-state index in [1.165, 1.54) is 22.0 Å². The molecule has 0 aromatic heterocycles. The summed E-state index contributed by atoms with van der Waals surface area (Å²) >= 11 is 0. The highest BCUT2D eigenvalue weighted by Crippen LogP contribution is 2.39. The second-order valence-corrected chi connectivity index (χ2v) is 4.70. The molecular weight excluding hydrogens is 203 g/mol. The third kappa shape index (κ3) is 1.44. The van der Waals surface area contributed by atoms with Gasteiger partial charge in [0.05, 0.1) is 0 Å². The highest BCUT2D eigenvalue weighted by Gasteiger charge is 2.16. The molecule has 1 unspecified atom stereocenters. The van der Waals surface area contributed by atoms with Crippen molar-refractivity contribution < 1.29 is 4.52 Å². The smallest absolute Gasteiger partial charge is 0.131 e. The molecule has 1 heterocycles. The van der Waals surface area contributed by atoms with E-state index in [-0.39, 0.29) is 0 Å². The van der Waals surface area contributed by atoms with Gasteiger partial charge in [0.15, 0.2) is 0 Å². The molecule has 0 radical (unpaired) electrons. The Balaban J connectivity index is 2.26. The standard InChI is InChI=1S/C13H11OP/c1-9-6-7-11-10-4-2-3-5-12(10)14-15-13(11)8-9/h2-8,15H,1H3. The summed E-state index contributed by atoms with van der Waals surface area (Å²) in [4.78, 5) is 0. The second kappa shape index (κ2) is 3.36. The Morgan fingerprint density at radius 1 is 1.00 bits per heavy atom. The van der Waals surface area contributed by atoms with Crippen LogP contribution in [0.4, 0.5) is 0 Å². The quantitative estimate of drug-likeness (QED) is 0.611. The lowest BCUT2D eigenvalue weighted by atomic mass is 10.0. The Bertz CT molecular complexity index is 520. The molecule has 2 heteroatoms. The van der Waals surface area contributed by atoms with Crippen LogP contribution in [-0.2, 0) is 0 Å². The molecule has 0 N–H and O–H groups in total. The molecule has 0 saturated heterocycles. The molecule has 0 fully saturated rings. The third-order valence-electron chi connectivity index (χ3n) is 2.62. The average molecular weight is 214 g/mol. The van der Waals surface area contributed by atoms with Gasteiger partial charge < -0.3 is 4.52 Å². The van der Waals surface area contributed by atoms with Gasteiger partial charge in [-0.05, 0) is 24.6 Å². The highest BCUT2D eigenvalue weighted by molar-refractivity contribution is 7.43. The maximum absolute atomic E-state index is 5.73. The maximum Gasteiger partial charge on any atom is 0.131 e. The number of benzene rings is 2. The van der Waals surface area contributed by atoms with Crippen LogP contribution in [-0.4, -0.2) is 0 Å². The number of para-hydroxylation sites is 1. The zero-order chi connectivity index (χ0) is 10.3. The monoisotopic (exact) mass is 214 g/mol. The van der Waals surface area contributed by atoms with Crippen LogP contribution < -0.4 is 9.83 Å². The minimum absolute atomic E-state index is 0.436. The average Bonchev–Trinajstić information content (AvgIpc) is 2.28. The summed E-state index contributed by atoms with van der Waals surface area (Å²) < 4.78 is 5.73. The minimum atomic E-state index is 0.436. The molecule has 74 valence electrons. The van der Waals surface area contributed by atoms with Crippen molar-refractivity contribution >= 4 is 14.1 Å². The molecule has 0 aliphatic carbocycles. The zero-order valence-corrected chi connectivity index (χ0v) is 9.45. The molecule has 0 saturated carbocycles. The fourth-order valence-corrected chi connectivity index (χ4v) is 2.88. The third-order valence-corrected chi connectivity index (χ3v) is 3.58. The van der Waals surface area contributed by atoms with Crippen LogP contribution in [0.2, 0.25) is 0 Å². The molecule has 1 atom stereocenters. The summed E-state index contributed by atoms with van der Waals surface area (Å²) in [5.41, 5.74) is 3.83. The second-order valence-electron chi connectivity index (χ2n) is 3.75. The van der Waals surface area contributed by atoms with Crippen molar-refractivity contribution in [2.24, 2.45) is 0 Å². The van der Waals surface area contributed by atoms with E-state index in [4.69, 9.17) is 4.52 Å². The summed E-state index contributed by atoms with van der Waals surface area (Å²) in [6.45, 7) is 2.12. The van der Waals surface area contributed by atoms with Gasteiger partial charge in [0, 0.05) is 10.9 Å². The van der Waals surface area contributed by atoms with Gasteiger partial charge >= 0.3 is 0 Å². The van der Waals surface area contributed by atoms with E-state index in [2.05, 4.69) is 37.3 Å². The summed E-state index contributed by atoms with van der Waals surface area (Å²) in [6.07, 6.45) is 0. The summed E-state index contributed by atoms with van der Waals surface area (Å²) in [5.74, 6) is 1.01. The van der Waals surface area contributed by atoms with Crippen LogP contribution in [0.1, 0.15) is 5.56 Å². The van der Waals surface area contributed by atoms with Crippen LogP contribution in [0, 0.1) is 6.92 Å². The zero-order valence-electron chi connectivity index (χ0n) is 8.45. The SMILES string of the molecule is Cc1ccc2c(c1)POc1ccccc1-2. The molecule has 15 heavy (non-hydrogen) atoms. The number of fused-ring (bicyclic) bond motifs is 3. The van der Waals surface area contributed by atoms with Crippen molar-refractivity contribution in [1.29, 1.82) is 0 Å². The van der Waals surface area contributed by atoms with Crippen LogP contribution in [0.3, 0.4) is 0 Å². The van der Waals surface area contributed by atoms with Gasteiger partial charge in [0.2, 0.25) is 0 Å². The van der Waals surface area contributed by atoms with E-state index in [1.807, 2.05) is 12.1 Å². The van der Waals surface area contributed by atoms with Crippen LogP contribution >= 0.6 is 8.81 Å². The van der Waals surface area contributed by atoms with Gasteiger partial charge in [0.25, 0.3) is 0 Å². The first kappa shape index (κ1) is 8.94. The van der Waals surface area contributed by atoms with E-state index < -0.39 is 0 Å². The van der Waals surface area contributed by atoms with Gasteiger partial charge in [-0.3, -0.25) is 0 Å². The van der Waals surface area contributed by atoms with E-state index >= 15 is 0 Å². The van der Waals surface area contributed by atoms with E-state index in [9.17, 15) is 0 Å². The largest absolute Gasteiger partial charge is 0.472 e. The van der Waals surface area contributed by atoms with Crippen molar-refractivity contribution in [1.82, 2.24) is 0 Å². The molecule has 0 bridgehead atoms. The normalized spacial score (nSPS) is 14.2. The maximum atomic E-state index is 5.73. The van der Waals surface area contributed by atoms with Crippen molar-refractivity contribution in [3.63, 3.8) is 0 Å². The van der Waals surface area contributed by atoms with Crippen LogP contribution in [0.15, 0.2) is 42.5 Å². The first-order valence-electron chi connectivity index (χ1n) is 4.97. The Hall–Kier alpha value is -1.33. The first-order chi connectivity index (χ1) is 7.34. The summed E-state index contributed by atoms with van der Waals surface area (Å²) in [7, 11) is 0.436. The van der Waals surface area contributed by atoms with Gasteiger partial charge in [-0.2, -0.15) is 0 Å². The first-order valence-corrected chi connectivity index (χ1v) is 5.88. The fraction of sp³-hybridized carbons (Fsp3) is 0.0769. The number of aryl methyl sites for hydroxylation is 1. The van der Waals surface area contributed by atoms with E-state index in [0.717, 1.165) is 5.75 Å². The number of hydrogen-bond donors (Lipinski definition) is 0. The van der Waals surface area contributed by atoms with Crippen molar-refractivity contribution in [3.05, 3.63) is 48.0 Å². The van der Waals surface area contributed by atoms with Gasteiger partial charge in [-0.15, -0.1) is 0 Å². The molecule has 1 aliphatic heterocycles. The fourth-order valence-electron chi connectivity index (χ4n) is 1.87. The molecule has 2 aromatic rings. The molecule has 1 aliphatic rings. The van der Waals surface area contributed by atoms with E-state index in [1.54, 1.807) is 0 Å². The molecule has 2 aromatic carbocycles. The van der Waals surface area contributed by atoms with Crippen LogP contribution in [0.25, 0.3) is 11.1 Å². The number of rotatable bonds is 0. The summed E-state index contributed by atoms with van der Waals surface area (Å²) in [6, 6.07) is 14.8. The Morgan fingerprint density at radius 2 is 1.87 bits per heavy atom. The molecular formula is C13H11OP. The lowest BCUT2D eigenvalue weighted by Gasteiger charge is -2.20. The molecule has 0 amide bonds. The molecule has 3 rings (SSSR count). The summed E-state index contributed by atoms with van der Waals surface area (Å²) in [5, 5.41) is 1.31. The topological polar surface area (TPSA) is 9.23 Å². The molecule has 0 spiro atoms. The van der Waals surface area contributed by atoms with Crippen molar-refractivity contribution in [2.75, 3.05) is 0 Å². The van der Waals surface area contributed by atoms with Gasteiger partial charge in [0.1, 0.15) is 14.6 Å². The molecule has 1 nitrogen and oxygen atoms in total. The number of hydrogen-bond acceptors (Lipinski definition) is 1. The Morgan fingerprint density at radius 3 is 2.80 bits per heavy atom. The van der Waals surface area contributed by atoms with Gasteiger partial charge in [-0.25, -0.2) is 0 Å².